The van der Waals surface area contributed by atoms with Crippen molar-refractivity contribution in [3.63, 3.8) is 0 Å². The SMILES string of the molecule is CCn1cc(-c2ccnc(SC)n2)c(-c2cccc(OC)c2)n1. The minimum atomic E-state index is 0.753. The molecule has 3 rings (SSSR count). The summed E-state index contributed by atoms with van der Waals surface area (Å²) in [6.45, 7) is 2.87. The summed E-state index contributed by atoms with van der Waals surface area (Å²) in [6, 6.07) is 9.83. The van der Waals surface area contributed by atoms with E-state index in [0.717, 1.165) is 40.0 Å². The topological polar surface area (TPSA) is 52.8 Å². The first kappa shape index (κ1) is 15.6. The fourth-order valence-corrected chi connectivity index (χ4v) is 2.70. The van der Waals surface area contributed by atoms with E-state index in [2.05, 4.69) is 16.9 Å². The van der Waals surface area contributed by atoms with Crippen LogP contribution in [0.3, 0.4) is 0 Å². The number of hydrogen-bond acceptors (Lipinski definition) is 5. The number of hydrogen-bond donors (Lipinski definition) is 0. The second-order valence-electron chi connectivity index (χ2n) is 4.91. The molecule has 1 aromatic carbocycles. The van der Waals surface area contributed by atoms with Crippen molar-refractivity contribution in [3.05, 3.63) is 42.7 Å². The van der Waals surface area contributed by atoms with Gasteiger partial charge in [0.05, 0.1) is 12.8 Å². The van der Waals surface area contributed by atoms with Crippen LogP contribution in [-0.2, 0) is 6.54 Å². The van der Waals surface area contributed by atoms with E-state index in [9.17, 15) is 0 Å². The normalized spacial score (nSPS) is 10.7. The van der Waals surface area contributed by atoms with Crippen LogP contribution < -0.4 is 4.74 Å². The van der Waals surface area contributed by atoms with Crippen molar-refractivity contribution in [2.24, 2.45) is 0 Å². The molecule has 118 valence electrons. The zero-order valence-electron chi connectivity index (χ0n) is 13.4. The maximum absolute atomic E-state index is 5.33. The quantitative estimate of drug-likeness (QED) is 0.528. The summed E-state index contributed by atoms with van der Waals surface area (Å²) in [4.78, 5) is 8.85. The molecule has 0 unspecified atom stereocenters. The van der Waals surface area contributed by atoms with E-state index in [1.165, 1.54) is 11.8 Å². The van der Waals surface area contributed by atoms with Gasteiger partial charge in [-0.25, -0.2) is 9.97 Å². The van der Waals surface area contributed by atoms with Crippen molar-refractivity contribution < 1.29 is 4.74 Å². The number of aromatic nitrogens is 4. The van der Waals surface area contributed by atoms with Crippen LogP contribution in [0.1, 0.15) is 6.92 Å². The smallest absolute Gasteiger partial charge is 0.187 e. The van der Waals surface area contributed by atoms with Crippen LogP contribution >= 0.6 is 11.8 Å². The number of thioether (sulfide) groups is 1. The van der Waals surface area contributed by atoms with Crippen molar-refractivity contribution in [2.45, 2.75) is 18.6 Å². The lowest BCUT2D eigenvalue weighted by Crippen LogP contribution is -1.94. The molecule has 2 heterocycles. The van der Waals surface area contributed by atoms with Crippen LogP contribution in [0.2, 0.25) is 0 Å². The van der Waals surface area contributed by atoms with Gasteiger partial charge in [0.15, 0.2) is 5.16 Å². The zero-order valence-corrected chi connectivity index (χ0v) is 14.2. The molecule has 23 heavy (non-hydrogen) atoms. The molecule has 0 amide bonds. The minimum absolute atomic E-state index is 0.753. The summed E-state index contributed by atoms with van der Waals surface area (Å²) in [5, 5.41) is 5.45. The van der Waals surface area contributed by atoms with Gasteiger partial charge in [-0.2, -0.15) is 5.10 Å². The number of methoxy groups -OCH3 is 1. The Balaban J connectivity index is 2.14. The fraction of sp³-hybridized carbons (Fsp3) is 0.235. The number of ether oxygens (including phenoxy) is 1. The van der Waals surface area contributed by atoms with E-state index in [1.54, 1.807) is 13.3 Å². The molecule has 6 heteroatoms. The molecular formula is C17H18N4OS. The van der Waals surface area contributed by atoms with Crippen molar-refractivity contribution in [1.29, 1.82) is 0 Å². The largest absolute Gasteiger partial charge is 0.497 e. The molecule has 0 atom stereocenters. The Morgan fingerprint density at radius 2 is 2.13 bits per heavy atom. The molecule has 2 aromatic heterocycles. The maximum atomic E-state index is 5.33. The molecule has 0 aliphatic rings. The standard InChI is InChI=1S/C17H18N4OS/c1-4-21-11-14(15-8-9-18-17(19-15)23-3)16(20-21)12-6-5-7-13(10-12)22-2/h5-11H,4H2,1-3H3. The van der Waals surface area contributed by atoms with Crippen LogP contribution in [0, 0.1) is 0 Å². The molecule has 0 fully saturated rings. The molecule has 0 N–H and O–H groups in total. The molecule has 0 bridgehead atoms. The van der Waals surface area contributed by atoms with Crippen LogP contribution in [0.5, 0.6) is 5.75 Å². The Labute approximate surface area is 139 Å². The summed E-state index contributed by atoms with van der Waals surface area (Å²) < 4.78 is 7.25. The van der Waals surface area contributed by atoms with Crippen molar-refractivity contribution >= 4 is 11.8 Å². The van der Waals surface area contributed by atoms with Gasteiger partial charge >= 0.3 is 0 Å². The van der Waals surface area contributed by atoms with E-state index in [1.807, 2.05) is 47.5 Å². The van der Waals surface area contributed by atoms with Crippen molar-refractivity contribution in [1.82, 2.24) is 19.7 Å². The first-order chi connectivity index (χ1) is 11.2. The van der Waals surface area contributed by atoms with Crippen LogP contribution in [0.4, 0.5) is 0 Å². The molecule has 0 saturated carbocycles. The highest BCUT2D eigenvalue weighted by Crippen LogP contribution is 2.32. The fourth-order valence-electron chi connectivity index (χ4n) is 2.34. The summed E-state index contributed by atoms with van der Waals surface area (Å²) in [5.41, 5.74) is 3.78. The summed E-state index contributed by atoms with van der Waals surface area (Å²) in [7, 11) is 1.67. The average Bonchev–Trinajstić information content (AvgIpc) is 3.06. The number of benzene rings is 1. The lowest BCUT2D eigenvalue weighted by atomic mass is 10.1. The second kappa shape index (κ2) is 6.83. The van der Waals surface area contributed by atoms with E-state index in [4.69, 9.17) is 9.84 Å². The molecular weight excluding hydrogens is 308 g/mol. The van der Waals surface area contributed by atoms with Gasteiger partial charge in [-0.3, -0.25) is 4.68 Å². The third kappa shape index (κ3) is 3.22. The Kier molecular flexibility index (Phi) is 4.62. The molecule has 0 radical (unpaired) electrons. The first-order valence-corrected chi connectivity index (χ1v) is 8.57. The predicted molar refractivity (Wildman–Crippen MR) is 92.7 cm³/mol. The number of aryl methyl sites for hydroxylation is 1. The monoisotopic (exact) mass is 326 g/mol. The third-order valence-electron chi connectivity index (χ3n) is 3.52. The minimum Gasteiger partial charge on any atom is -0.497 e. The summed E-state index contributed by atoms with van der Waals surface area (Å²) in [5.74, 6) is 0.812. The Morgan fingerprint density at radius 3 is 2.87 bits per heavy atom. The van der Waals surface area contributed by atoms with Crippen molar-refractivity contribution in [3.8, 4) is 28.3 Å². The van der Waals surface area contributed by atoms with Crippen LogP contribution in [-0.4, -0.2) is 33.1 Å². The summed E-state index contributed by atoms with van der Waals surface area (Å²) >= 11 is 1.53. The van der Waals surface area contributed by atoms with E-state index in [0.29, 0.717) is 0 Å². The van der Waals surface area contributed by atoms with Gasteiger partial charge in [0.25, 0.3) is 0 Å². The lowest BCUT2D eigenvalue weighted by Gasteiger charge is -2.05. The molecule has 0 saturated heterocycles. The molecule has 3 aromatic rings. The van der Waals surface area contributed by atoms with E-state index in [-0.39, 0.29) is 0 Å². The predicted octanol–water partition coefficient (Wildman–Crippen LogP) is 3.76. The number of rotatable bonds is 5. The summed E-state index contributed by atoms with van der Waals surface area (Å²) in [6.07, 6.45) is 5.78. The lowest BCUT2D eigenvalue weighted by molar-refractivity contribution is 0.415. The zero-order chi connectivity index (χ0) is 16.2. The maximum Gasteiger partial charge on any atom is 0.187 e. The highest BCUT2D eigenvalue weighted by Gasteiger charge is 2.15. The highest BCUT2D eigenvalue weighted by atomic mass is 32.2. The van der Waals surface area contributed by atoms with Gasteiger partial charge in [0.2, 0.25) is 0 Å². The highest BCUT2D eigenvalue weighted by molar-refractivity contribution is 7.98. The van der Waals surface area contributed by atoms with Crippen LogP contribution in [0.25, 0.3) is 22.5 Å². The van der Waals surface area contributed by atoms with E-state index < -0.39 is 0 Å². The van der Waals surface area contributed by atoms with E-state index >= 15 is 0 Å². The molecule has 0 aliphatic carbocycles. The van der Waals surface area contributed by atoms with Gasteiger partial charge in [-0.05, 0) is 31.4 Å². The second-order valence-corrected chi connectivity index (χ2v) is 5.68. The molecule has 5 nitrogen and oxygen atoms in total. The number of nitrogens with zero attached hydrogens (tertiary/aromatic N) is 4. The Bertz CT molecular complexity index is 751. The molecule has 0 spiro atoms. The van der Waals surface area contributed by atoms with Gasteiger partial charge in [-0.1, -0.05) is 23.9 Å². The van der Waals surface area contributed by atoms with Gasteiger partial charge in [0.1, 0.15) is 11.4 Å². The van der Waals surface area contributed by atoms with Gasteiger partial charge in [-0.15, -0.1) is 0 Å². The van der Waals surface area contributed by atoms with Gasteiger partial charge in [0, 0.05) is 30.1 Å². The third-order valence-corrected chi connectivity index (χ3v) is 4.08. The Morgan fingerprint density at radius 1 is 1.26 bits per heavy atom. The first-order valence-electron chi connectivity index (χ1n) is 7.34. The van der Waals surface area contributed by atoms with Crippen LogP contribution in [0.15, 0.2) is 47.9 Å². The Hall–Kier alpha value is -2.34. The molecule has 0 aliphatic heterocycles. The van der Waals surface area contributed by atoms with Gasteiger partial charge < -0.3 is 4.74 Å². The van der Waals surface area contributed by atoms with Crippen molar-refractivity contribution in [2.75, 3.05) is 13.4 Å². The average molecular weight is 326 g/mol.